The predicted octanol–water partition coefficient (Wildman–Crippen LogP) is 4.10. The Bertz CT molecular complexity index is 991. The summed E-state index contributed by atoms with van der Waals surface area (Å²) in [6.07, 6.45) is 1.65. The average molecular weight is 407 g/mol. The Morgan fingerprint density at radius 2 is 1.70 bits per heavy atom. The van der Waals surface area contributed by atoms with Crippen molar-refractivity contribution >= 4 is 5.91 Å². The molecular formula is C24H26FN3O2. The monoisotopic (exact) mass is 407 g/mol. The van der Waals surface area contributed by atoms with E-state index in [2.05, 4.69) is 9.88 Å². The van der Waals surface area contributed by atoms with Crippen molar-refractivity contribution in [3.05, 3.63) is 77.9 Å². The Kier molecular flexibility index (Phi) is 5.68. The van der Waals surface area contributed by atoms with Crippen molar-refractivity contribution in [2.45, 2.75) is 25.8 Å². The second-order valence-corrected chi connectivity index (χ2v) is 8.21. The maximum absolute atomic E-state index is 13.1. The summed E-state index contributed by atoms with van der Waals surface area (Å²) < 4.78 is 18.6. The number of hydrogen-bond donors (Lipinski definition) is 0. The van der Waals surface area contributed by atoms with Gasteiger partial charge in [-0.1, -0.05) is 30.3 Å². The van der Waals surface area contributed by atoms with Gasteiger partial charge in [-0.2, -0.15) is 0 Å². The summed E-state index contributed by atoms with van der Waals surface area (Å²) in [5.74, 6) is 0.366. The first-order valence-corrected chi connectivity index (χ1v) is 10.2. The molecule has 2 aromatic carbocycles. The predicted molar refractivity (Wildman–Crippen MR) is 113 cm³/mol. The second-order valence-electron chi connectivity index (χ2n) is 8.21. The number of carbonyl (C=O) groups excluding carboxylic acids is 1. The molecule has 0 atom stereocenters. The van der Waals surface area contributed by atoms with Crippen molar-refractivity contribution in [1.29, 1.82) is 0 Å². The molecule has 0 radical (unpaired) electrons. The van der Waals surface area contributed by atoms with Crippen molar-refractivity contribution in [1.82, 2.24) is 14.8 Å². The van der Waals surface area contributed by atoms with Gasteiger partial charge < -0.3 is 9.32 Å². The van der Waals surface area contributed by atoms with Crippen molar-refractivity contribution in [3.8, 4) is 11.5 Å². The summed E-state index contributed by atoms with van der Waals surface area (Å²) in [6.45, 7) is 7.60. The van der Waals surface area contributed by atoms with E-state index in [9.17, 15) is 9.18 Å². The van der Waals surface area contributed by atoms with Gasteiger partial charge in [0.1, 0.15) is 12.1 Å². The lowest BCUT2D eigenvalue weighted by atomic mass is 9.83. The van der Waals surface area contributed by atoms with Crippen LogP contribution in [0.1, 0.15) is 25.1 Å². The highest BCUT2D eigenvalue weighted by atomic mass is 19.1. The molecule has 156 valence electrons. The Balaban J connectivity index is 1.34. The molecule has 0 unspecified atom stereocenters. The van der Waals surface area contributed by atoms with Crippen molar-refractivity contribution in [2.24, 2.45) is 0 Å². The molecule has 30 heavy (non-hydrogen) atoms. The van der Waals surface area contributed by atoms with E-state index in [-0.39, 0.29) is 11.7 Å². The molecule has 0 aliphatic carbocycles. The van der Waals surface area contributed by atoms with E-state index in [0.29, 0.717) is 25.5 Å². The minimum Gasteiger partial charge on any atom is -0.444 e. The van der Waals surface area contributed by atoms with Crippen LogP contribution in [0.2, 0.25) is 0 Å². The van der Waals surface area contributed by atoms with E-state index >= 15 is 0 Å². The molecular weight excluding hydrogens is 381 g/mol. The third-order valence-corrected chi connectivity index (χ3v) is 5.72. The minimum atomic E-state index is -0.542. The number of piperazine rings is 1. The van der Waals surface area contributed by atoms with Crippen LogP contribution in [0.4, 0.5) is 4.39 Å². The summed E-state index contributed by atoms with van der Waals surface area (Å²) in [6, 6.07) is 16.0. The van der Waals surface area contributed by atoms with Crippen LogP contribution in [0.25, 0.3) is 11.5 Å². The smallest absolute Gasteiger partial charge is 0.232 e. The highest BCUT2D eigenvalue weighted by Gasteiger charge is 2.35. The topological polar surface area (TPSA) is 49.6 Å². The van der Waals surface area contributed by atoms with Gasteiger partial charge in [0.2, 0.25) is 11.8 Å². The second kappa shape index (κ2) is 8.40. The number of benzene rings is 2. The number of amides is 1. The van der Waals surface area contributed by atoms with Crippen LogP contribution < -0.4 is 0 Å². The summed E-state index contributed by atoms with van der Waals surface area (Å²) >= 11 is 0. The molecule has 1 saturated heterocycles. The van der Waals surface area contributed by atoms with Crippen LogP contribution in [0.3, 0.4) is 0 Å². The SMILES string of the molecule is CC(C)(C(=O)N1CCN(Cc2coc(-c3ccc(F)cc3)n2)CC1)c1ccccc1. The fraction of sp³-hybridized carbons (Fsp3) is 0.333. The third-order valence-electron chi connectivity index (χ3n) is 5.72. The molecule has 0 saturated carbocycles. The van der Waals surface area contributed by atoms with E-state index < -0.39 is 5.41 Å². The summed E-state index contributed by atoms with van der Waals surface area (Å²) in [5, 5.41) is 0. The first-order chi connectivity index (χ1) is 14.4. The number of aromatic nitrogens is 1. The maximum atomic E-state index is 13.1. The van der Waals surface area contributed by atoms with Gasteiger partial charge >= 0.3 is 0 Å². The van der Waals surface area contributed by atoms with Crippen molar-refractivity contribution < 1.29 is 13.6 Å². The largest absolute Gasteiger partial charge is 0.444 e. The molecule has 5 nitrogen and oxygen atoms in total. The highest BCUT2D eigenvalue weighted by molar-refractivity contribution is 5.87. The van der Waals surface area contributed by atoms with E-state index in [1.165, 1.54) is 12.1 Å². The van der Waals surface area contributed by atoms with E-state index in [0.717, 1.165) is 29.9 Å². The standard InChI is InChI=1S/C24H26FN3O2/c1-24(2,19-6-4-3-5-7-19)23(29)28-14-12-27(13-15-28)16-21-17-30-22(26-21)18-8-10-20(25)11-9-18/h3-11,17H,12-16H2,1-2H3. The number of carbonyl (C=O) groups is 1. The molecule has 3 aromatic rings. The fourth-order valence-corrected chi connectivity index (χ4v) is 3.82. The fourth-order valence-electron chi connectivity index (χ4n) is 3.82. The lowest BCUT2D eigenvalue weighted by Crippen LogP contribution is -2.52. The van der Waals surface area contributed by atoms with Gasteiger partial charge in [0, 0.05) is 38.3 Å². The molecule has 1 aliphatic heterocycles. The van der Waals surface area contributed by atoms with Crippen LogP contribution in [-0.4, -0.2) is 46.9 Å². The Labute approximate surface area is 176 Å². The number of rotatable bonds is 5. The molecule has 0 N–H and O–H groups in total. The molecule has 4 rings (SSSR count). The lowest BCUT2D eigenvalue weighted by molar-refractivity contribution is -0.138. The zero-order chi connectivity index (χ0) is 21.1. The molecule has 1 fully saturated rings. The summed E-state index contributed by atoms with van der Waals surface area (Å²) in [5.41, 5.74) is 2.08. The van der Waals surface area contributed by atoms with Crippen LogP contribution in [-0.2, 0) is 16.8 Å². The highest BCUT2D eigenvalue weighted by Crippen LogP contribution is 2.26. The zero-order valence-electron chi connectivity index (χ0n) is 17.3. The third kappa shape index (κ3) is 4.28. The van der Waals surface area contributed by atoms with E-state index in [4.69, 9.17) is 4.42 Å². The number of halogens is 1. The average Bonchev–Trinajstić information content (AvgIpc) is 3.23. The zero-order valence-corrected chi connectivity index (χ0v) is 17.3. The molecule has 0 spiro atoms. The van der Waals surface area contributed by atoms with Gasteiger partial charge in [-0.25, -0.2) is 9.37 Å². The molecule has 6 heteroatoms. The van der Waals surface area contributed by atoms with Gasteiger partial charge in [-0.3, -0.25) is 9.69 Å². The van der Waals surface area contributed by atoms with Gasteiger partial charge in [-0.05, 0) is 43.7 Å². The molecule has 0 bridgehead atoms. The van der Waals surface area contributed by atoms with Crippen LogP contribution in [0.5, 0.6) is 0 Å². The van der Waals surface area contributed by atoms with Gasteiger partial charge in [0.25, 0.3) is 0 Å². The Hall–Kier alpha value is -2.99. The first kappa shape index (κ1) is 20.3. The van der Waals surface area contributed by atoms with Gasteiger partial charge in [0.05, 0.1) is 11.1 Å². The molecule has 1 aromatic heterocycles. The molecule has 2 heterocycles. The van der Waals surface area contributed by atoms with Crippen molar-refractivity contribution in [2.75, 3.05) is 26.2 Å². The summed E-state index contributed by atoms with van der Waals surface area (Å²) in [7, 11) is 0. The van der Waals surface area contributed by atoms with Crippen LogP contribution in [0.15, 0.2) is 65.3 Å². The Morgan fingerprint density at radius 1 is 1.03 bits per heavy atom. The maximum Gasteiger partial charge on any atom is 0.232 e. The quantitative estimate of drug-likeness (QED) is 0.639. The summed E-state index contributed by atoms with van der Waals surface area (Å²) in [4.78, 5) is 21.9. The van der Waals surface area contributed by atoms with Crippen LogP contribution >= 0.6 is 0 Å². The molecule has 1 aliphatic rings. The molecule has 1 amide bonds. The normalized spacial score (nSPS) is 15.4. The first-order valence-electron chi connectivity index (χ1n) is 10.2. The number of hydrogen-bond acceptors (Lipinski definition) is 4. The minimum absolute atomic E-state index is 0.161. The van der Waals surface area contributed by atoms with E-state index in [1.807, 2.05) is 49.1 Å². The number of oxazole rings is 1. The van der Waals surface area contributed by atoms with E-state index in [1.54, 1.807) is 18.4 Å². The lowest BCUT2D eigenvalue weighted by Gasteiger charge is -2.38. The van der Waals surface area contributed by atoms with Crippen LogP contribution in [0, 0.1) is 5.82 Å². The van der Waals surface area contributed by atoms with Gasteiger partial charge in [0.15, 0.2) is 0 Å². The van der Waals surface area contributed by atoms with Crippen molar-refractivity contribution in [3.63, 3.8) is 0 Å². The number of nitrogens with zero attached hydrogens (tertiary/aromatic N) is 3. The van der Waals surface area contributed by atoms with Gasteiger partial charge in [-0.15, -0.1) is 0 Å². The Morgan fingerprint density at radius 3 is 2.37 bits per heavy atom.